The molecule has 0 radical (unpaired) electrons. The van der Waals surface area contributed by atoms with E-state index in [4.69, 9.17) is 52.1 Å². The van der Waals surface area contributed by atoms with E-state index in [2.05, 4.69) is 0 Å². The van der Waals surface area contributed by atoms with E-state index < -0.39 is 67.4 Å². The van der Waals surface area contributed by atoms with Gasteiger partial charge < -0.3 is 52.1 Å². The standard InChI is InChI=1S/C57H62O12/c1-41(58)66-55-53(65-38-47-31-19-8-20-32-47)51(63-36-45-27-15-6-16-28-45)49(40-61-34-43-23-11-4-12-24-43)68-57(55)69-54-52(64-37-46-29-17-7-18-30-46)50(62-35-44-25-13-5-14-26-44)48(67-56(54)59-2)39-60-33-42-21-9-3-10-22-42/h3-32,48-57H,33-40H2,1-2H3/t48-,49-,50-,51-,52+,53+,54-,55-,56+,57?/m1/s1. The van der Waals surface area contributed by atoms with Crippen molar-refractivity contribution in [2.24, 2.45) is 0 Å². The van der Waals surface area contributed by atoms with Crippen LogP contribution < -0.4 is 0 Å². The van der Waals surface area contributed by atoms with Crippen LogP contribution in [0.5, 0.6) is 0 Å². The summed E-state index contributed by atoms with van der Waals surface area (Å²) in [4.78, 5) is 13.3. The molecule has 69 heavy (non-hydrogen) atoms. The third-order valence-corrected chi connectivity index (χ3v) is 11.9. The average molecular weight is 939 g/mol. The van der Waals surface area contributed by atoms with E-state index in [0.717, 1.165) is 33.4 Å². The van der Waals surface area contributed by atoms with Crippen LogP contribution in [0.25, 0.3) is 0 Å². The lowest BCUT2D eigenvalue weighted by atomic mass is 9.96. The largest absolute Gasteiger partial charge is 0.454 e. The van der Waals surface area contributed by atoms with Crippen molar-refractivity contribution in [1.29, 1.82) is 0 Å². The fraction of sp³-hybridized carbons (Fsp3) is 0.351. The average Bonchev–Trinajstić information content (AvgIpc) is 3.39. The van der Waals surface area contributed by atoms with Crippen molar-refractivity contribution in [2.75, 3.05) is 20.3 Å². The molecule has 2 aliphatic rings. The lowest BCUT2D eigenvalue weighted by molar-refractivity contribution is -0.377. The highest BCUT2D eigenvalue weighted by Gasteiger charge is 2.55. The Morgan fingerprint density at radius 1 is 0.391 bits per heavy atom. The first-order valence-corrected chi connectivity index (χ1v) is 23.5. The molecule has 2 aliphatic heterocycles. The highest BCUT2D eigenvalue weighted by atomic mass is 16.8. The van der Waals surface area contributed by atoms with Gasteiger partial charge in [0.1, 0.15) is 42.7 Å². The van der Waals surface area contributed by atoms with Crippen LogP contribution in [0.4, 0.5) is 0 Å². The smallest absolute Gasteiger partial charge is 0.303 e. The van der Waals surface area contributed by atoms with Gasteiger partial charge in [-0.3, -0.25) is 4.79 Å². The van der Waals surface area contributed by atoms with Crippen molar-refractivity contribution in [3.8, 4) is 0 Å². The van der Waals surface area contributed by atoms with Gasteiger partial charge in [-0.2, -0.15) is 0 Å². The number of carbonyl (C=O) groups excluding carboxylic acids is 1. The van der Waals surface area contributed by atoms with Crippen LogP contribution in [0.15, 0.2) is 182 Å². The molecule has 10 atom stereocenters. The molecule has 0 bridgehead atoms. The zero-order chi connectivity index (χ0) is 47.5. The summed E-state index contributed by atoms with van der Waals surface area (Å²) in [5, 5.41) is 0. The minimum atomic E-state index is -1.27. The van der Waals surface area contributed by atoms with Crippen molar-refractivity contribution in [2.45, 2.75) is 108 Å². The summed E-state index contributed by atoms with van der Waals surface area (Å²) in [5.74, 6) is -0.564. The number of methoxy groups -OCH3 is 1. The van der Waals surface area contributed by atoms with Crippen molar-refractivity contribution >= 4 is 5.97 Å². The first kappa shape index (κ1) is 49.8. The molecule has 0 saturated carbocycles. The van der Waals surface area contributed by atoms with Crippen LogP contribution in [0.3, 0.4) is 0 Å². The zero-order valence-corrected chi connectivity index (χ0v) is 39.1. The Balaban J connectivity index is 1.15. The van der Waals surface area contributed by atoms with Gasteiger partial charge in [0.2, 0.25) is 0 Å². The van der Waals surface area contributed by atoms with Gasteiger partial charge in [0, 0.05) is 14.0 Å². The predicted octanol–water partition coefficient (Wildman–Crippen LogP) is 9.17. The Bertz CT molecular complexity index is 2350. The van der Waals surface area contributed by atoms with E-state index in [0.29, 0.717) is 13.2 Å². The second-order valence-electron chi connectivity index (χ2n) is 17.0. The van der Waals surface area contributed by atoms with Gasteiger partial charge in [0.15, 0.2) is 18.7 Å². The number of hydrogen-bond acceptors (Lipinski definition) is 12. The molecule has 0 amide bonds. The molecule has 12 heteroatoms. The Kier molecular flexibility index (Phi) is 19.0. The third-order valence-electron chi connectivity index (χ3n) is 11.9. The summed E-state index contributed by atoms with van der Waals surface area (Å²) in [6, 6.07) is 59.2. The number of carbonyl (C=O) groups is 1. The number of rotatable bonds is 24. The molecule has 0 aliphatic carbocycles. The van der Waals surface area contributed by atoms with Gasteiger partial charge in [-0.15, -0.1) is 0 Å². The quantitative estimate of drug-likeness (QED) is 0.0539. The number of ether oxygens (including phenoxy) is 11. The second kappa shape index (κ2) is 26.4. The maximum Gasteiger partial charge on any atom is 0.303 e. The zero-order valence-electron chi connectivity index (χ0n) is 39.1. The Labute approximate surface area is 405 Å². The van der Waals surface area contributed by atoms with Gasteiger partial charge >= 0.3 is 5.97 Å². The molecule has 2 heterocycles. The Hall–Kier alpha value is -5.61. The maximum absolute atomic E-state index is 13.3. The minimum absolute atomic E-state index is 0.0820. The van der Waals surface area contributed by atoms with Crippen LogP contribution in [-0.2, 0) is 96.5 Å². The Morgan fingerprint density at radius 3 is 1.03 bits per heavy atom. The van der Waals surface area contributed by atoms with Crippen molar-refractivity contribution in [1.82, 2.24) is 0 Å². The third kappa shape index (κ3) is 14.7. The molecule has 362 valence electrons. The van der Waals surface area contributed by atoms with E-state index in [-0.39, 0.29) is 39.6 Å². The molecular formula is C57H62O12. The monoisotopic (exact) mass is 938 g/mol. The van der Waals surface area contributed by atoms with E-state index in [1.54, 1.807) is 7.11 Å². The lowest BCUT2D eigenvalue weighted by Crippen LogP contribution is -2.66. The summed E-state index contributed by atoms with van der Waals surface area (Å²) in [6.07, 6.45) is -9.24. The lowest BCUT2D eigenvalue weighted by Gasteiger charge is -2.49. The first-order valence-electron chi connectivity index (χ1n) is 23.5. The van der Waals surface area contributed by atoms with Gasteiger partial charge in [0.05, 0.1) is 52.9 Å². The molecule has 6 aromatic rings. The van der Waals surface area contributed by atoms with Crippen molar-refractivity contribution in [3.05, 3.63) is 215 Å². The van der Waals surface area contributed by atoms with Crippen LogP contribution >= 0.6 is 0 Å². The van der Waals surface area contributed by atoms with Crippen LogP contribution in [0.2, 0.25) is 0 Å². The summed E-state index contributed by atoms with van der Waals surface area (Å²) in [6.45, 7) is 3.09. The van der Waals surface area contributed by atoms with Gasteiger partial charge in [0.25, 0.3) is 0 Å². The maximum atomic E-state index is 13.3. The van der Waals surface area contributed by atoms with Crippen LogP contribution in [0, 0.1) is 0 Å². The van der Waals surface area contributed by atoms with E-state index >= 15 is 0 Å². The van der Waals surface area contributed by atoms with Crippen molar-refractivity contribution in [3.63, 3.8) is 0 Å². The van der Waals surface area contributed by atoms with E-state index in [1.807, 2.05) is 182 Å². The Morgan fingerprint density at radius 2 is 0.696 bits per heavy atom. The predicted molar refractivity (Wildman–Crippen MR) is 257 cm³/mol. The second-order valence-corrected chi connectivity index (χ2v) is 17.0. The molecule has 0 spiro atoms. The molecule has 2 saturated heterocycles. The summed E-state index contributed by atoms with van der Waals surface area (Å²) in [7, 11) is 1.55. The molecule has 12 nitrogen and oxygen atoms in total. The fourth-order valence-corrected chi connectivity index (χ4v) is 8.52. The number of esters is 1. The summed E-state index contributed by atoms with van der Waals surface area (Å²) >= 11 is 0. The molecule has 8 rings (SSSR count). The SMILES string of the molecule is CO[C@H]1O[C@H](COCc2ccccc2)[C@@H](OCc2ccccc2)[C@H](OCc2ccccc2)[C@H]1OC1O[C@H](COCc2ccccc2)[C@@H](OCc2ccccc2)[C@H](OCc2ccccc2)[C@H]1OC(C)=O. The van der Waals surface area contributed by atoms with Gasteiger partial charge in [-0.25, -0.2) is 0 Å². The highest BCUT2D eigenvalue weighted by Crippen LogP contribution is 2.36. The topological polar surface area (TPSA) is 119 Å². The first-order chi connectivity index (χ1) is 34.0. The van der Waals surface area contributed by atoms with Crippen LogP contribution in [-0.4, -0.2) is 87.7 Å². The molecule has 0 N–H and O–H groups in total. The molecular weight excluding hydrogens is 877 g/mol. The molecule has 1 unspecified atom stereocenters. The summed E-state index contributed by atoms with van der Waals surface area (Å²) < 4.78 is 73.4. The molecule has 6 aromatic carbocycles. The number of benzene rings is 6. The highest BCUT2D eigenvalue weighted by molar-refractivity contribution is 5.66. The fourth-order valence-electron chi connectivity index (χ4n) is 8.52. The molecule has 0 aromatic heterocycles. The van der Waals surface area contributed by atoms with Crippen LogP contribution in [0.1, 0.15) is 40.3 Å². The van der Waals surface area contributed by atoms with E-state index in [9.17, 15) is 4.79 Å². The molecule has 2 fully saturated rings. The summed E-state index contributed by atoms with van der Waals surface area (Å²) in [5.41, 5.74) is 5.75. The van der Waals surface area contributed by atoms with Gasteiger partial charge in [-0.1, -0.05) is 182 Å². The normalized spacial score (nSPS) is 24.7. The number of hydrogen-bond donors (Lipinski definition) is 0. The minimum Gasteiger partial charge on any atom is -0.454 e. The van der Waals surface area contributed by atoms with E-state index in [1.165, 1.54) is 6.92 Å². The van der Waals surface area contributed by atoms with Crippen molar-refractivity contribution < 1.29 is 56.9 Å². The van der Waals surface area contributed by atoms with Gasteiger partial charge in [-0.05, 0) is 33.4 Å².